The van der Waals surface area contributed by atoms with Crippen LogP contribution in [-0.4, -0.2) is 36.6 Å². The van der Waals surface area contributed by atoms with E-state index in [0.717, 1.165) is 30.0 Å². The number of nitrogens with one attached hydrogen (secondary N) is 1. The summed E-state index contributed by atoms with van der Waals surface area (Å²) in [5, 5.41) is 3.57. The summed E-state index contributed by atoms with van der Waals surface area (Å²) in [4.78, 5) is 2.81. The molecule has 2 aliphatic rings. The summed E-state index contributed by atoms with van der Waals surface area (Å²) in [5.41, 5.74) is 0. The molecule has 0 spiro atoms. The van der Waals surface area contributed by atoms with Crippen molar-refractivity contribution in [1.29, 1.82) is 0 Å². The van der Waals surface area contributed by atoms with Crippen LogP contribution >= 0.6 is 0 Å². The minimum atomic E-state index is 0.721. The first-order chi connectivity index (χ1) is 8.13. The zero-order valence-corrected chi connectivity index (χ0v) is 12.1. The maximum absolute atomic E-state index is 3.57. The molecule has 1 saturated heterocycles. The van der Waals surface area contributed by atoms with Gasteiger partial charge in [-0.2, -0.15) is 0 Å². The number of rotatable bonds is 2. The average molecular weight is 238 g/mol. The van der Waals surface area contributed by atoms with Crippen molar-refractivity contribution in [2.24, 2.45) is 11.8 Å². The van der Waals surface area contributed by atoms with Gasteiger partial charge in [0.25, 0.3) is 0 Å². The Labute approximate surface area is 107 Å². The molecule has 2 nitrogen and oxygen atoms in total. The summed E-state index contributed by atoms with van der Waals surface area (Å²) in [6.45, 7) is 8.62. The minimum Gasteiger partial charge on any atom is -0.315 e. The van der Waals surface area contributed by atoms with Gasteiger partial charge in [-0.3, -0.25) is 4.90 Å². The van der Waals surface area contributed by atoms with Crippen molar-refractivity contribution in [3.05, 3.63) is 0 Å². The van der Waals surface area contributed by atoms with E-state index in [9.17, 15) is 0 Å². The maximum atomic E-state index is 3.57. The monoisotopic (exact) mass is 238 g/mol. The van der Waals surface area contributed by atoms with Gasteiger partial charge in [0.2, 0.25) is 0 Å². The van der Waals surface area contributed by atoms with Crippen LogP contribution in [0.25, 0.3) is 0 Å². The van der Waals surface area contributed by atoms with E-state index < -0.39 is 0 Å². The van der Waals surface area contributed by atoms with E-state index in [1.165, 1.54) is 38.6 Å². The predicted molar refractivity (Wildman–Crippen MR) is 74.2 cm³/mol. The third-order valence-electron chi connectivity index (χ3n) is 5.30. The van der Waals surface area contributed by atoms with Crippen LogP contribution in [0.3, 0.4) is 0 Å². The van der Waals surface area contributed by atoms with E-state index in [4.69, 9.17) is 0 Å². The van der Waals surface area contributed by atoms with E-state index >= 15 is 0 Å². The average Bonchev–Trinajstić information content (AvgIpc) is 2.33. The van der Waals surface area contributed by atoms with Crippen LogP contribution < -0.4 is 5.32 Å². The van der Waals surface area contributed by atoms with Crippen molar-refractivity contribution in [3.63, 3.8) is 0 Å². The van der Waals surface area contributed by atoms with Crippen molar-refractivity contribution < 1.29 is 0 Å². The van der Waals surface area contributed by atoms with Gasteiger partial charge in [0.15, 0.2) is 0 Å². The molecule has 100 valence electrons. The molecule has 1 heterocycles. The highest BCUT2D eigenvalue weighted by atomic mass is 15.2. The summed E-state index contributed by atoms with van der Waals surface area (Å²) >= 11 is 0. The molecule has 1 aliphatic heterocycles. The summed E-state index contributed by atoms with van der Waals surface area (Å²) in [6.07, 6.45) is 6.97. The molecule has 2 heteroatoms. The second kappa shape index (κ2) is 5.71. The van der Waals surface area contributed by atoms with Crippen LogP contribution in [0.2, 0.25) is 0 Å². The van der Waals surface area contributed by atoms with Crippen molar-refractivity contribution in [2.75, 3.05) is 13.6 Å². The van der Waals surface area contributed by atoms with Crippen LogP contribution in [0.15, 0.2) is 0 Å². The molecule has 0 aromatic rings. The zero-order chi connectivity index (χ0) is 12.4. The van der Waals surface area contributed by atoms with E-state index in [-0.39, 0.29) is 0 Å². The fourth-order valence-corrected chi connectivity index (χ4v) is 3.89. The molecule has 0 radical (unpaired) electrons. The largest absolute Gasteiger partial charge is 0.315 e. The molecule has 2 rings (SSSR count). The van der Waals surface area contributed by atoms with Gasteiger partial charge in [-0.15, -0.1) is 0 Å². The van der Waals surface area contributed by atoms with E-state index in [1.54, 1.807) is 0 Å². The lowest BCUT2D eigenvalue weighted by Gasteiger charge is -2.48. The maximum Gasteiger partial charge on any atom is 0.0254 e. The van der Waals surface area contributed by atoms with Crippen molar-refractivity contribution in [3.8, 4) is 0 Å². The second-order valence-corrected chi connectivity index (χ2v) is 6.48. The number of piperidine rings is 1. The van der Waals surface area contributed by atoms with Gasteiger partial charge < -0.3 is 5.32 Å². The SMILES string of the molecule is CNC1CCC(C)CC1N1CCCC(C)C1C. The van der Waals surface area contributed by atoms with Gasteiger partial charge >= 0.3 is 0 Å². The van der Waals surface area contributed by atoms with Gasteiger partial charge in [0.05, 0.1) is 0 Å². The van der Waals surface area contributed by atoms with Crippen LogP contribution in [-0.2, 0) is 0 Å². The smallest absolute Gasteiger partial charge is 0.0254 e. The fourth-order valence-electron chi connectivity index (χ4n) is 3.89. The molecule has 1 aliphatic carbocycles. The Balaban J connectivity index is 2.06. The van der Waals surface area contributed by atoms with E-state index in [0.29, 0.717) is 0 Å². The molecular formula is C15H30N2. The Morgan fingerprint density at radius 2 is 1.82 bits per heavy atom. The van der Waals surface area contributed by atoms with Gasteiger partial charge in [0.1, 0.15) is 0 Å². The Morgan fingerprint density at radius 3 is 2.53 bits per heavy atom. The number of hydrogen-bond acceptors (Lipinski definition) is 2. The lowest BCUT2D eigenvalue weighted by Crippen LogP contribution is -2.57. The second-order valence-electron chi connectivity index (χ2n) is 6.48. The van der Waals surface area contributed by atoms with E-state index in [1.807, 2.05) is 0 Å². The third kappa shape index (κ3) is 2.85. The van der Waals surface area contributed by atoms with Crippen molar-refractivity contribution in [1.82, 2.24) is 10.2 Å². The lowest BCUT2D eigenvalue weighted by molar-refractivity contribution is 0.0244. The molecule has 0 bridgehead atoms. The van der Waals surface area contributed by atoms with E-state index in [2.05, 4.69) is 38.0 Å². The standard InChI is InChI=1S/C15H30N2/c1-11-7-8-14(16-4)15(10-11)17-9-5-6-12(2)13(17)3/h11-16H,5-10H2,1-4H3. The Bertz CT molecular complexity index is 241. The fraction of sp³-hybridized carbons (Fsp3) is 1.00. The lowest BCUT2D eigenvalue weighted by atomic mass is 9.80. The summed E-state index contributed by atoms with van der Waals surface area (Å²) in [6, 6.07) is 2.27. The normalized spacial score (nSPS) is 44.8. The highest BCUT2D eigenvalue weighted by molar-refractivity contribution is 4.93. The molecule has 5 unspecified atom stereocenters. The highest BCUT2D eigenvalue weighted by Gasteiger charge is 2.36. The van der Waals surface area contributed by atoms with Crippen molar-refractivity contribution >= 4 is 0 Å². The number of hydrogen-bond donors (Lipinski definition) is 1. The Hall–Kier alpha value is -0.0800. The molecule has 5 atom stereocenters. The first-order valence-corrected chi connectivity index (χ1v) is 7.56. The predicted octanol–water partition coefficient (Wildman–Crippen LogP) is 2.88. The van der Waals surface area contributed by atoms with Gasteiger partial charge in [-0.1, -0.05) is 13.8 Å². The molecule has 1 N–H and O–H groups in total. The Morgan fingerprint density at radius 1 is 1.06 bits per heavy atom. The van der Waals surface area contributed by atoms with Gasteiger partial charge in [0, 0.05) is 18.1 Å². The molecule has 17 heavy (non-hydrogen) atoms. The highest BCUT2D eigenvalue weighted by Crippen LogP contribution is 2.33. The first-order valence-electron chi connectivity index (χ1n) is 7.56. The molecule has 0 aromatic carbocycles. The summed E-state index contributed by atoms with van der Waals surface area (Å²) < 4.78 is 0. The van der Waals surface area contributed by atoms with Gasteiger partial charge in [-0.05, 0) is 64.5 Å². The van der Waals surface area contributed by atoms with Crippen LogP contribution in [0, 0.1) is 11.8 Å². The van der Waals surface area contributed by atoms with Crippen LogP contribution in [0.1, 0.15) is 52.9 Å². The molecular weight excluding hydrogens is 208 g/mol. The zero-order valence-electron chi connectivity index (χ0n) is 12.1. The minimum absolute atomic E-state index is 0.721. The molecule has 0 aromatic heterocycles. The van der Waals surface area contributed by atoms with Crippen LogP contribution in [0.4, 0.5) is 0 Å². The Kier molecular flexibility index (Phi) is 4.48. The quantitative estimate of drug-likeness (QED) is 0.796. The summed E-state index contributed by atoms with van der Waals surface area (Å²) in [5.74, 6) is 1.78. The van der Waals surface area contributed by atoms with Gasteiger partial charge in [-0.25, -0.2) is 0 Å². The number of likely N-dealkylation sites (tertiary alicyclic amines) is 1. The topological polar surface area (TPSA) is 15.3 Å². The van der Waals surface area contributed by atoms with Crippen LogP contribution in [0.5, 0.6) is 0 Å². The number of likely N-dealkylation sites (N-methyl/N-ethyl adjacent to an activating group) is 1. The molecule has 2 fully saturated rings. The first kappa shape index (κ1) is 13.4. The molecule has 1 saturated carbocycles. The summed E-state index contributed by atoms with van der Waals surface area (Å²) in [7, 11) is 2.14. The molecule has 0 amide bonds. The third-order valence-corrected chi connectivity index (χ3v) is 5.30. The van der Waals surface area contributed by atoms with Crippen molar-refractivity contribution in [2.45, 2.75) is 71.0 Å². The number of nitrogens with zero attached hydrogens (tertiary/aromatic N) is 1.